The smallest absolute Gasteiger partial charge is 0.407 e. The molecule has 1 fully saturated rings. The summed E-state index contributed by atoms with van der Waals surface area (Å²) in [5, 5.41) is 5.03. The molecule has 1 aliphatic heterocycles. The van der Waals surface area contributed by atoms with E-state index in [1.165, 1.54) is 7.05 Å². The van der Waals surface area contributed by atoms with E-state index in [1.54, 1.807) is 0 Å². The summed E-state index contributed by atoms with van der Waals surface area (Å²) in [6.45, 7) is 0.663. The Balaban J connectivity index is 2.30. The Bertz CT molecular complexity index is 154. The van der Waals surface area contributed by atoms with Crippen molar-refractivity contribution >= 4 is 6.09 Å². The Morgan fingerprint density at radius 2 is 2.45 bits per heavy atom. The van der Waals surface area contributed by atoms with Crippen molar-refractivity contribution in [2.75, 3.05) is 20.1 Å². The summed E-state index contributed by atoms with van der Waals surface area (Å²) in [5.74, 6) is 0. The van der Waals surface area contributed by atoms with E-state index in [4.69, 9.17) is 0 Å². The van der Waals surface area contributed by atoms with Gasteiger partial charge in [-0.1, -0.05) is 0 Å². The van der Waals surface area contributed by atoms with Crippen LogP contribution in [-0.2, 0) is 4.74 Å². The molecule has 1 saturated heterocycles. The van der Waals surface area contributed by atoms with Crippen molar-refractivity contribution in [1.29, 1.82) is 0 Å². The zero-order chi connectivity index (χ0) is 8.27. The average Bonchev–Trinajstić information content (AvgIpc) is 2.37. The van der Waals surface area contributed by atoms with E-state index in [0.717, 1.165) is 0 Å². The van der Waals surface area contributed by atoms with Crippen LogP contribution in [0, 0.1) is 0 Å². The standard InChI is InChI=1S/C6H11FN2O2/c1-8-6(10)11-5-3-9-2-4(5)7/h4-5,9H,2-3H2,1H3,(H,8,10). The lowest BCUT2D eigenvalue weighted by Crippen LogP contribution is -2.31. The van der Waals surface area contributed by atoms with Crippen LogP contribution in [0.4, 0.5) is 9.18 Å². The summed E-state index contributed by atoms with van der Waals surface area (Å²) >= 11 is 0. The van der Waals surface area contributed by atoms with Crippen LogP contribution in [0.2, 0.25) is 0 Å². The fraction of sp³-hybridized carbons (Fsp3) is 0.833. The highest BCUT2D eigenvalue weighted by atomic mass is 19.1. The Morgan fingerprint density at radius 3 is 2.91 bits per heavy atom. The first kappa shape index (κ1) is 8.26. The van der Waals surface area contributed by atoms with Crippen LogP contribution >= 0.6 is 0 Å². The van der Waals surface area contributed by atoms with E-state index in [9.17, 15) is 9.18 Å². The molecule has 1 heterocycles. The lowest BCUT2D eigenvalue weighted by Gasteiger charge is -2.11. The molecule has 2 atom stereocenters. The first-order valence-electron chi connectivity index (χ1n) is 3.47. The third-order valence-electron chi connectivity index (χ3n) is 1.55. The van der Waals surface area contributed by atoms with E-state index in [1.807, 2.05) is 0 Å². The van der Waals surface area contributed by atoms with Crippen LogP contribution in [-0.4, -0.2) is 38.5 Å². The lowest BCUT2D eigenvalue weighted by atomic mass is 10.3. The predicted molar refractivity (Wildman–Crippen MR) is 37.1 cm³/mol. The summed E-state index contributed by atoms with van der Waals surface area (Å²) in [6.07, 6.45) is -2.29. The summed E-state index contributed by atoms with van der Waals surface area (Å²) in [6, 6.07) is 0. The number of carbonyl (C=O) groups excluding carboxylic acids is 1. The molecule has 0 bridgehead atoms. The molecule has 0 saturated carbocycles. The Kier molecular flexibility index (Phi) is 2.64. The van der Waals surface area contributed by atoms with Gasteiger partial charge in [0.15, 0.2) is 6.17 Å². The topological polar surface area (TPSA) is 50.4 Å². The number of carbonyl (C=O) groups is 1. The van der Waals surface area contributed by atoms with Crippen molar-refractivity contribution in [3.63, 3.8) is 0 Å². The molecule has 2 unspecified atom stereocenters. The van der Waals surface area contributed by atoms with Crippen LogP contribution in [0.1, 0.15) is 0 Å². The molecule has 0 radical (unpaired) electrons. The highest BCUT2D eigenvalue weighted by molar-refractivity contribution is 5.66. The molecule has 5 heteroatoms. The van der Waals surface area contributed by atoms with Crippen LogP contribution in [0.15, 0.2) is 0 Å². The van der Waals surface area contributed by atoms with Gasteiger partial charge in [-0.15, -0.1) is 0 Å². The fourth-order valence-electron chi connectivity index (χ4n) is 0.935. The first-order chi connectivity index (χ1) is 5.24. The maximum atomic E-state index is 12.7. The number of alkyl carbamates (subject to hydrolysis) is 1. The summed E-state index contributed by atoms with van der Waals surface area (Å²) in [7, 11) is 1.44. The molecule has 11 heavy (non-hydrogen) atoms. The summed E-state index contributed by atoms with van der Waals surface area (Å²) in [5.41, 5.74) is 0. The van der Waals surface area contributed by atoms with Gasteiger partial charge in [-0.3, -0.25) is 0 Å². The van der Waals surface area contributed by atoms with E-state index < -0.39 is 18.4 Å². The van der Waals surface area contributed by atoms with Gasteiger partial charge in [0.1, 0.15) is 6.10 Å². The molecule has 0 spiro atoms. The van der Waals surface area contributed by atoms with Gasteiger partial charge in [0.2, 0.25) is 0 Å². The molecular formula is C6H11FN2O2. The van der Waals surface area contributed by atoms with Crippen LogP contribution in [0.5, 0.6) is 0 Å². The third-order valence-corrected chi connectivity index (χ3v) is 1.55. The van der Waals surface area contributed by atoms with Crippen molar-refractivity contribution in [1.82, 2.24) is 10.6 Å². The van der Waals surface area contributed by atoms with Crippen molar-refractivity contribution in [3.05, 3.63) is 0 Å². The number of hydrogen-bond acceptors (Lipinski definition) is 3. The van der Waals surface area contributed by atoms with Crippen molar-refractivity contribution in [2.45, 2.75) is 12.3 Å². The predicted octanol–water partition coefficient (Wildman–Crippen LogP) is -0.348. The maximum Gasteiger partial charge on any atom is 0.407 e. The molecule has 1 amide bonds. The second-order valence-electron chi connectivity index (χ2n) is 2.37. The normalized spacial score (nSPS) is 30.0. The Hall–Kier alpha value is -0.840. The molecule has 1 aliphatic rings. The number of alkyl halides is 1. The highest BCUT2D eigenvalue weighted by Gasteiger charge is 2.29. The van der Waals surface area contributed by atoms with Gasteiger partial charge in [0.25, 0.3) is 0 Å². The molecule has 1 rings (SSSR count). The zero-order valence-corrected chi connectivity index (χ0v) is 6.26. The Labute approximate surface area is 64.1 Å². The molecular weight excluding hydrogens is 151 g/mol. The first-order valence-corrected chi connectivity index (χ1v) is 3.47. The van der Waals surface area contributed by atoms with Gasteiger partial charge in [-0.05, 0) is 0 Å². The van der Waals surface area contributed by atoms with E-state index in [2.05, 4.69) is 15.4 Å². The number of nitrogens with one attached hydrogen (secondary N) is 2. The zero-order valence-electron chi connectivity index (χ0n) is 6.26. The van der Waals surface area contributed by atoms with Gasteiger partial charge in [0, 0.05) is 20.1 Å². The minimum Gasteiger partial charge on any atom is -0.442 e. The molecule has 0 aliphatic carbocycles. The quantitative estimate of drug-likeness (QED) is 0.554. The monoisotopic (exact) mass is 162 g/mol. The number of halogens is 1. The Morgan fingerprint density at radius 1 is 1.73 bits per heavy atom. The van der Waals surface area contributed by atoms with Gasteiger partial charge < -0.3 is 15.4 Å². The van der Waals surface area contributed by atoms with E-state index in [-0.39, 0.29) is 6.54 Å². The molecule has 0 aromatic carbocycles. The van der Waals surface area contributed by atoms with Gasteiger partial charge in [0.05, 0.1) is 0 Å². The van der Waals surface area contributed by atoms with Crippen molar-refractivity contribution in [2.24, 2.45) is 0 Å². The SMILES string of the molecule is CNC(=O)OC1CNCC1F. The molecule has 0 aromatic rings. The summed E-state index contributed by atoms with van der Waals surface area (Å²) < 4.78 is 17.4. The number of amides is 1. The van der Waals surface area contributed by atoms with Gasteiger partial charge in [-0.2, -0.15) is 0 Å². The van der Waals surface area contributed by atoms with E-state index in [0.29, 0.717) is 6.54 Å². The van der Waals surface area contributed by atoms with Crippen LogP contribution in [0.3, 0.4) is 0 Å². The third kappa shape index (κ3) is 2.04. The highest BCUT2D eigenvalue weighted by Crippen LogP contribution is 2.08. The minimum atomic E-state index is -1.08. The van der Waals surface area contributed by atoms with Crippen LogP contribution in [0.25, 0.3) is 0 Å². The van der Waals surface area contributed by atoms with E-state index >= 15 is 0 Å². The number of hydrogen-bond donors (Lipinski definition) is 2. The van der Waals surface area contributed by atoms with Crippen LogP contribution < -0.4 is 10.6 Å². The number of ether oxygens (including phenoxy) is 1. The van der Waals surface area contributed by atoms with Crippen molar-refractivity contribution in [3.8, 4) is 0 Å². The second-order valence-corrected chi connectivity index (χ2v) is 2.37. The second kappa shape index (κ2) is 3.52. The largest absolute Gasteiger partial charge is 0.442 e. The maximum absolute atomic E-state index is 12.7. The van der Waals surface area contributed by atoms with Gasteiger partial charge >= 0.3 is 6.09 Å². The number of rotatable bonds is 1. The lowest BCUT2D eigenvalue weighted by molar-refractivity contribution is 0.0716. The molecule has 4 nitrogen and oxygen atoms in total. The molecule has 0 aromatic heterocycles. The average molecular weight is 162 g/mol. The summed E-state index contributed by atoms with van der Waals surface area (Å²) in [4.78, 5) is 10.6. The minimum absolute atomic E-state index is 0.266. The molecule has 2 N–H and O–H groups in total. The fourth-order valence-corrected chi connectivity index (χ4v) is 0.935. The van der Waals surface area contributed by atoms with Gasteiger partial charge in [-0.25, -0.2) is 9.18 Å². The molecule has 64 valence electrons. The van der Waals surface area contributed by atoms with Crippen molar-refractivity contribution < 1.29 is 13.9 Å².